The van der Waals surface area contributed by atoms with Crippen LogP contribution in [0.1, 0.15) is 5.69 Å². The van der Waals surface area contributed by atoms with Gasteiger partial charge in [-0.3, -0.25) is 9.59 Å². The van der Waals surface area contributed by atoms with Crippen LogP contribution >= 0.6 is 0 Å². The first-order chi connectivity index (χ1) is 8.31. The SMILES string of the molecule is O=CC1=CC=CC(=O)C1OCc1cccnn1. The summed E-state index contributed by atoms with van der Waals surface area (Å²) in [5.74, 6) is -0.238. The minimum Gasteiger partial charge on any atom is -0.359 e. The van der Waals surface area contributed by atoms with Crippen LogP contribution in [0.15, 0.2) is 42.1 Å². The fourth-order valence-electron chi connectivity index (χ4n) is 1.45. The number of hydrogen-bond donors (Lipinski definition) is 0. The molecule has 5 nitrogen and oxygen atoms in total. The van der Waals surface area contributed by atoms with Crippen LogP contribution in [0.2, 0.25) is 0 Å². The third-order valence-corrected chi connectivity index (χ3v) is 2.27. The lowest BCUT2D eigenvalue weighted by Crippen LogP contribution is -2.27. The van der Waals surface area contributed by atoms with Crippen LogP contribution in [0.4, 0.5) is 0 Å². The highest BCUT2D eigenvalue weighted by Gasteiger charge is 2.23. The maximum absolute atomic E-state index is 11.5. The molecule has 0 aromatic carbocycles. The van der Waals surface area contributed by atoms with Crippen LogP contribution in [0.3, 0.4) is 0 Å². The van der Waals surface area contributed by atoms with Crippen molar-refractivity contribution < 1.29 is 14.3 Å². The summed E-state index contributed by atoms with van der Waals surface area (Å²) in [6.07, 6.45) is 5.83. The highest BCUT2D eigenvalue weighted by Crippen LogP contribution is 2.13. The van der Waals surface area contributed by atoms with Crippen LogP contribution in [0.5, 0.6) is 0 Å². The number of aromatic nitrogens is 2. The Kier molecular flexibility index (Phi) is 3.52. The Labute approximate surface area is 97.8 Å². The first kappa shape index (κ1) is 11.3. The Morgan fingerprint density at radius 1 is 1.47 bits per heavy atom. The zero-order valence-corrected chi connectivity index (χ0v) is 8.95. The molecule has 1 aliphatic carbocycles. The molecule has 0 amide bonds. The minimum absolute atomic E-state index is 0.142. The second kappa shape index (κ2) is 5.27. The molecule has 1 unspecified atom stereocenters. The number of nitrogens with zero attached hydrogens (tertiary/aromatic N) is 2. The smallest absolute Gasteiger partial charge is 0.189 e. The van der Waals surface area contributed by atoms with Gasteiger partial charge >= 0.3 is 0 Å². The van der Waals surface area contributed by atoms with Gasteiger partial charge in [0.15, 0.2) is 5.78 Å². The van der Waals surface area contributed by atoms with Gasteiger partial charge in [0.2, 0.25) is 0 Å². The van der Waals surface area contributed by atoms with Crippen LogP contribution in [-0.4, -0.2) is 28.4 Å². The predicted octanol–water partition coefficient (Wildman–Crippen LogP) is 0.626. The number of rotatable bonds is 4. The molecule has 0 spiro atoms. The van der Waals surface area contributed by atoms with Crippen LogP contribution in [0, 0.1) is 0 Å². The molecule has 2 rings (SSSR count). The zero-order valence-electron chi connectivity index (χ0n) is 8.95. The van der Waals surface area contributed by atoms with Crippen molar-refractivity contribution in [2.24, 2.45) is 0 Å². The lowest BCUT2D eigenvalue weighted by atomic mass is 10.0. The van der Waals surface area contributed by atoms with Crippen LogP contribution < -0.4 is 0 Å². The molecule has 0 fully saturated rings. The van der Waals surface area contributed by atoms with Crippen molar-refractivity contribution in [1.29, 1.82) is 0 Å². The van der Waals surface area contributed by atoms with E-state index in [1.165, 1.54) is 12.2 Å². The second-order valence-corrected chi connectivity index (χ2v) is 3.45. The van der Waals surface area contributed by atoms with Crippen molar-refractivity contribution in [1.82, 2.24) is 10.2 Å². The van der Waals surface area contributed by atoms with Gasteiger partial charge in [0.1, 0.15) is 12.4 Å². The van der Waals surface area contributed by atoms with E-state index in [1.54, 1.807) is 24.4 Å². The highest BCUT2D eigenvalue weighted by molar-refractivity contribution is 6.02. The zero-order chi connectivity index (χ0) is 12.1. The average Bonchev–Trinajstić information content (AvgIpc) is 2.38. The van der Waals surface area contributed by atoms with Crippen molar-refractivity contribution in [2.75, 3.05) is 0 Å². The fourth-order valence-corrected chi connectivity index (χ4v) is 1.45. The van der Waals surface area contributed by atoms with E-state index in [4.69, 9.17) is 4.74 Å². The molecule has 1 aromatic rings. The molecule has 1 heterocycles. The molecule has 5 heteroatoms. The highest BCUT2D eigenvalue weighted by atomic mass is 16.5. The molecule has 1 aliphatic rings. The molecule has 86 valence electrons. The summed E-state index contributed by atoms with van der Waals surface area (Å²) in [5.41, 5.74) is 0.932. The van der Waals surface area contributed by atoms with Gasteiger partial charge in [-0.25, -0.2) is 0 Å². The lowest BCUT2D eigenvalue weighted by molar-refractivity contribution is -0.125. The number of ketones is 1. The predicted molar refractivity (Wildman–Crippen MR) is 58.9 cm³/mol. The molecular weight excluding hydrogens is 220 g/mol. The third kappa shape index (κ3) is 2.70. The molecular formula is C12H10N2O3. The average molecular weight is 230 g/mol. The van der Waals surface area contributed by atoms with Crippen molar-refractivity contribution in [3.63, 3.8) is 0 Å². The molecule has 0 N–H and O–H groups in total. The maximum Gasteiger partial charge on any atom is 0.189 e. The summed E-state index contributed by atoms with van der Waals surface area (Å²) in [4.78, 5) is 22.3. The van der Waals surface area contributed by atoms with Crippen molar-refractivity contribution in [2.45, 2.75) is 12.7 Å². The van der Waals surface area contributed by atoms with Crippen LogP contribution in [0.25, 0.3) is 0 Å². The molecule has 17 heavy (non-hydrogen) atoms. The summed E-state index contributed by atoms with van der Waals surface area (Å²) in [5, 5.41) is 7.52. The molecule has 0 aliphatic heterocycles. The fraction of sp³-hybridized carbons (Fsp3) is 0.167. The van der Waals surface area contributed by atoms with E-state index in [-0.39, 0.29) is 12.4 Å². The number of ether oxygens (including phenoxy) is 1. The maximum atomic E-state index is 11.5. The van der Waals surface area contributed by atoms with E-state index in [1.807, 2.05) is 0 Å². The molecule has 0 radical (unpaired) electrons. The Bertz CT molecular complexity index is 480. The van der Waals surface area contributed by atoms with Crippen molar-refractivity contribution >= 4 is 12.1 Å². The number of carbonyl (C=O) groups excluding carboxylic acids is 2. The van der Waals surface area contributed by atoms with E-state index in [0.717, 1.165) is 0 Å². The van der Waals surface area contributed by atoms with Gasteiger partial charge in [0.05, 0.1) is 12.3 Å². The molecule has 1 atom stereocenters. The Balaban J connectivity index is 2.03. The van der Waals surface area contributed by atoms with Gasteiger partial charge in [-0.2, -0.15) is 10.2 Å². The Hall–Kier alpha value is -2.14. The van der Waals surface area contributed by atoms with Gasteiger partial charge < -0.3 is 4.74 Å². The summed E-state index contributed by atoms with van der Waals surface area (Å²) < 4.78 is 5.38. The van der Waals surface area contributed by atoms with Crippen molar-refractivity contribution in [3.05, 3.63) is 47.8 Å². The quantitative estimate of drug-likeness (QED) is 0.709. The Morgan fingerprint density at radius 2 is 2.35 bits per heavy atom. The Morgan fingerprint density at radius 3 is 3.06 bits per heavy atom. The summed E-state index contributed by atoms with van der Waals surface area (Å²) in [6.45, 7) is 0.142. The van der Waals surface area contributed by atoms with E-state index >= 15 is 0 Å². The monoisotopic (exact) mass is 230 g/mol. The molecule has 0 saturated carbocycles. The van der Waals surface area contributed by atoms with Gasteiger partial charge in [-0.15, -0.1) is 0 Å². The molecule has 0 saturated heterocycles. The molecule has 0 bridgehead atoms. The normalized spacial score (nSPS) is 18.9. The van der Waals surface area contributed by atoms with E-state index in [2.05, 4.69) is 10.2 Å². The topological polar surface area (TPSA) is 69.2 Å². The van der Waals surface area contributed by atoms with E-state index in [9.17, 15) is 9.59 Å². The minimum atomic E-state index is -0.834. The number of carbonyl (C=O) groups is 2. The number of aldehydes is 1. The van der Waals surface area contributed by atoms with Gasteiger partial charge in [0.25, 0.3) is 0 Å². The summed E-state index contributed by atoms with van der Waals surface area (Å²) in [6, 6.07) is 3.46. The molecule has 1 aromatic heterocycles. The largest absolute Gasteiger partial charge is 0.359 e. The van der Waals surface area contributed by atoms with E-state index < -0.39 is 6.10 Å². The first-order valence-corrected chi connectivity index (χ1v) is 5.06. The first-order valence-electron chi connectivity index (χ1n) is 5.06. The van der Waals surface area contributed by atoms with Gasteiger partial charge in [-0.05, 0) is 18.2 Å². The number of allylic oxidation sites excluding steroid dienone is 2. The van der Waals surface area contributed by atoms with E-state index in [0.29, 0.717) is 17.6 Å². The lowest BCUT2D eigenvalue weighted by Gasteiger charge is -2.16. The van der Waals surface area contributed by atoms with Crippen molar-refractivity contribution in [3.8, 4) is 0 Å². The van der Waals surface area contributed by atoms with Gasteiger partial charge in [-0.1, -0.05) is 12.2 Å². The summed E-state index contributed by atoms with van der Waals surface area (Å²) >= 11 is 0. The van der Waals surface area contributed by atoms with Gasteiger partial charge in [0, 0.05) is 11.8 Å². The summed E-state index contributed by atoms with van der Waals surface area (Å²) in [7, 11) is 0. The third-order valence-electron chi connectivity index (χ3n) is 2.27. The number of hydrogen-bond acceptors (Lipinski definition) is 5. The standard InChI is InChI=1S/C12H10N2O3/c15-7-9-3-1-5-11(16)12(9)17-8-10-4-2-6-13-14-10/h1-7,12H,8H2. The second-order valence-electron chi connectivity index (χ2n) is 3.45. The van der Waals surface area contributed by atoms with Crippen LogP contribution in [-0.2, 0) is 20.9 Å².